The molecule has 1 unspecified atom stereocenters. The molecular weight excluding hydrogens is 198 g/mol. The molecule has 1 aromatic rings. The summed E-state index contributed by atoms with van der Waals surface area (Å²) >= 11 is 0. The second kappa shape index (κ2) is 4.94. The summed E-state index contributed by atoms with van der Waals surface area (Å²) in [6, 6.07) is 3.60. The molecule has 0 fully saturated rings. The van der Waals surface area contributed by atoms with Crippen LogP contribution in [0.5, 0.6) is 0 Å². The normalized spacial score (nSPS) is 13.3. The molecule has 0 aliphatic heterocycles. The zero-order chi connectivity index (χ0) is 11.3. The number of aliphatic carboxylic acids is 1. The first-order valence-corrected chi connectivity index (χ1v) is 4.16. The van der Waals surface area contributed by atoms with Gasteiger partial charge in [0.25, 0.3) is 6.02 Å². The molecule has 80 valence electrons. The number of carboxylic acids is 1. The smallest absolute Gasteiger partial charge is 0.334 e. The van der Waals surface area contributed by atoms with Crippen molar-refractivity contribution in [3.05, 3.63) is 30.1 Å². The number of nitrogens with two attached hydrogens (primary N) is 1. The number of aliphatic imine (C=N–C) groups is 1. The zero-order valence-corrected chi connectivity index (χ0v) is 8.12. The predicted octanol–water partition coefficient (Wildman–Crippen LogP) is 0.168. The second-order valence-corrected chi connectivity index (χ2v) is 2.67. The lowest BCUT2D eigenvalue weighted by Gasteiger charge is -2.07. The number of amidine groups is 1. The summed E-state index contributed by atoms with van der Waals surface area (Å²) in [6.07, 6.45) is 1.49. The van der Waals surface area contributed by atoms with Crippen LogP contribution in [0, 0.1) is 0 Å². The van der Waals surface area contributed by atoms with Crippen molar-refractivity contribution < 1.29 is 14.6 Å². The Morgan fingerprint density at radius 2 is 2.40 bits per heavy atom. The first kappa shape index (κ1) is 11.0. The summed E-state index contributed by atoms with van der Waals surface area (Å²) in [4.78, 5) is 18.5. The molecule has 15 heavy (non-hydrogen) atoms. The lowest BCUT2D eigenvalue weighted by atomic mass is 10.2. The molecule has 6 nitrogen and oxygen atoms in total. The van der Waals surface area contributed by atoms with Crippen LogP contribution in [0.3, 0.4) is 0 Å². The molecule has 0 aliphatic carbocycles. The van der Waals surface area contributed by atoms with E-state index in [0.29, 0.717) is 5.69 Å². The predicted molar refractivity (Wildman–Crippen MR) is 53.2 cm³/mol. The van der Waals surface area contributed by atoms with Gasteiger partial charge < -0.3 is 15.6 Å². The number of hydrogen-bond acceptors (Lipinski definition) is 4. The summed E-state index contributed by atoms with van der Waals surface area (Å²) in [5, 5.41) is 8.91. The molecule has 0 saturated carbocycles. The van der Waals surface area contributed by atoms with Crippen molar-refractivity contribution in [1.29, 1.82) is 0 Å². The highest BCUT2D eigenvalue weighted by Gasteiger charge is 2.20. The fourth-order valence-corrected chi connectivity index (χ4v) is 0.966. The first-order chi connectivity index (χ1) is 7.15. The zero-order valence-electron chi connectivity index (χ0n) is 8.12. The second-order valence-electron chi connectivity index (χ2n) is 2.67. The number of hydrogen-bond donors (Lipinski definition) is 2. The van der Waals surface area contributed by atoms with Crippen molar-refractivity contribution in [2.45, 2.75) is 6.04 Å². The van der Waals surface area contributed by atoms with Gasteiger partial charge in [0.1, 0.15) is 0 Å². The van der Waals surface area contributed by atoms with E-state index in [1.54, 1.807) is 18.2 Å². The average Bonchev–Trinajstić information content (AvgIpc) is 2.26. The number of aromatic nitrogens is 1. The van der Waals surface area contributed by atoms with Crippen LogP contribution in [0.1, 0.15) is 11.7 Å². The number of nitrogens with zero attached hydrogens (tertiary/aromatic N) is 2. The average molecular weight is 209 g/mol. The largest absolute Gasteiger partial charge is 0.479 e. The minimum Gasteiger partial charge on any atom is -0.479 e. The highest BCUT2D eigenvalue weighted by atomic mass is 16.5. The third kappa shape index (κ3) is 2.94. The Balaban J connectivity index is 2.99. The number of carbonyl (C=O) groups is 1. The molecule has 1 atom stereocenters. The minimum absolute atomic E-state index is 0.187. The molecule has 0 amide bonds. The maximum absolute atomic E-state index is 10.9. The topological polar surface area (TPSA) is 97.8 Å². The molecule has 3 N–H and O–H groups in total. The summed E-state index contributed by atoms with van der Waals surface area (Å²) < 4.78 is 4.59. The van der Waals surface area contributed by atoms with E-state index in [4.69, 9.17) is 10.8 Å². The van der Waals surface area contributed by atoms with E-state index in [0.717, 1.165) is 0 Å². The fourth-order valence-electron chi connectivity index (χ4n) is 0.966. The maximum atomic E-state index is 10.9. The van der Waals surface area contributed by atoms with Crippen molar-refractivity contribution in [1.82, 2.24) is 4.98 Å². The molecule has 0 aromatic carbocycles. The molecule has 0 bridgehead atoms. The molecular formula is C9H11N3O3. The summed E-state index contributed by atoms with van der Waals surface area (Å²) in [5.74, 6) is -1.13. The maximum Gasteiger partial charge on any atom is 0.334 e. The van der Waals surface area contributed by atoms with Crippen LogP contribution in [0.15, 0.2) is 29.4 Å². The van der Waals surface area contributed by atoms with E-state index in [1.807, 2.05) is 0 Å². The van der Waals surface area contributed by atoms with Gasteiger partial charge in [-0.25, -0.2) is 9.79 Å². The SMILES string of the molecule is COC(N)=NC(C(=O)O)c1ccccn1. The summed E-state index contributed by atoms with van der Waals surface area (Å²) in [5.41, 5.74) is 5.60. The van der Waals surface area contributed by atoms with Gasteiger partial charge in [0.05, 0.1) is 12.8 Å². The highest BCUT2D eigenvalue weighted by Crippen LogP contribution is 2.14. The summed E-state index contributed by atoms with van der Waals surface area (Å²) in [6.45, 7) is 0. The molecule has 1 heterocycles. The van der Waals surface area contributed by atoms with E-state index in [2.05, 4.69) is 14.7 Å². The first-order valence-electron chi connectivity index (χ1n) is 4.16. The van der Waals surface area contributed by atoms with E-state index >= 15 is 0 Å². The lowest BCUT2D eigenvalue weighted by molar-refractivity contribution is -0.138. The Bertz CT molecular complexity index is 364. The van der Waals surface area contributed by atoms with Crippen LogP contribution >= 0.6 is 0 Å². The van der Waals surface area contributed by atoms with E-state index in [-0.39, 0.29) is 6.02 Å². The Morgan fingerprint density at radius 1 is 1.67 bits per heavy atom. The van der Waals surface area contributed by atoms with E-state index in [1.165, 1.54) is 13.3 Å². The number of rotatable bonds is 3. The number of pyridine rings is 1. The van der Waals surface area contributed by atoms with Crippen molar-refractivity contribution in [3.8, 4) is 0 Å². The van der Waals surface area contributed by atoms with Crippen LogP contribution in [-0.4, -0.2) is 29.2 Å². The van der Waals surface area contributed by atoms with Gasteiger partial charge in [0, 0.05) is 6.20 Å². The van der Waals surface area contributed by atoms with Crippen LogP contribution in [0.4, 0.5) is 0 Å². The molecule has 1 rings (SSSR count). The van der Waals surface area contributed by atoms with Crippen LogP contribution in [-0.2, 0) is 9.53 Å². The third-order valence-corrected chi connectivity index (χ3v) is 1.67. The van der Waals surface area contributed by atoms with Gasteiger partial charge in [-0.05, 0) is 12.1 Å². The minimum atomic E-state index is -1.13. The van der Waals surface area contributed by atoms with Crippen molar-refractivity contribution in [2.24, 2.45) is 10.7 Å². The Morgan fingerprint density at radius 3 is 2.87 bits per heavy atom. The quantitative estimate of drug-likeness (QED) is 0.546. The standard InChI is InChI=1S/C9H11N3O3/c1-15-9(10)12-7(8(13)14)6-4-2-3-5-11-6/h2-5,7H,1H3,(H2,10,12)(H,13,14). The van der Waals surface area contributed by atoms with E-state index < -0.39 is 12.0 Å². The van der Waals surface area contributed by atoms with Gasteiger partial charge >= 0.3 is 5.97 Å². The van der Waals surface area contributed by atoms with Crippen molar-refractivity contribution in [3.63, 3.8) is 0 Å². The Hall–Kier alpha value is -2.11. The van der Waals surface area contributed by atoms with Gasteiger partial charge in [0.15, 0.2) is 6.04 Å². The van der Waals surface area contributed by atoms with Gasteiger partial charge in [-0.2, -0.15) is 0 Å². The number of methoxy groups -OCH3 is 1. The molecule has 0 saturated heterocycles. The van der Waals surface area contributed by atoms with Gasteiger partial charge in [-0.15, -0.1) is 0 Å². The van der Waals surface area contributed by atoms with Gasteiger partial charge in [-0.1, -0.05) is 6.07 Å². The van der Waals surface area contributed by atoms with Crippen LogP contribution < -0.4 is 5.73 Å². The number of ether oxygens (including phenoxy) is 1. The van der Waals surface area contributed by atoms with E-state index in [9.17, 15) is 4.79 Å². The Labute approximate surface area is 86.4 Å². The van der Waals surface area contributed by atoms with Crippen molar-refractivity contribution in [2.75, 3.05) is 7.11 Å². The molecule has 0 radical (unpaired) electrons. The molecule has 0 aliphatic rings. The third-order valence-electron chi connectivity index (χ3n) is 1.67. The van der Waals surface area contributed by atoms with Gasteiger partial charge in [0.2, 0.25) is 0 Å². The lowest BCUT2D eigenvalue weighted by Crippen LogP contribution is -2.19. The fraction of sp³-hybridized carbons (Fsp3) is 0.222. The molecule has 1 aromatic heterocycles. The summed E-state index contributed by atoms with van der Waals surface area (Å²) in [7, 11) is 1.32. The van der Waals surface area contributed by atoms with Gasteiger partial charge in [-0.3, -0.25) is 4.98 Å². The van der Waals surface area contributed by atoms with Crippen molar-refractivity contribution >= 4 is 12.0 Å². The van der Waals surface area contributed by atoms with Crippen LogP contribution in [0.25, 0.3) is 0 Å². The monoisotopic (exact) mass is 209 g/mol. The Kier molecular flexibility index (Phi) is 3.61. The van der Waals surface area contributed by atoms with Crippen LogP contribution in [0.2, 0.25) is 0 Å². The molecule has 6 heteroatoms. The number of carboxylic acid groups (broad SMARTS) is 1. The molecule has 0 spiro atoms. The highest BCUT2D eigenvalue weighted by molar-refractivity contribution is 5.80.